The zero-order valence-electron chi connectivity index (χ0n) is 16.7. The first kappa shape index (κ1) is 18.6. The molecule has 1 aliphatic rings. The van der Waals surface area contributed by atoms with E-state index in [0.29, 0.717) is 12.1 Å². The summed E-state index contributed by atoms with van der Waals surface area (Å²) in [7, 11) is 0. The van der Waals surface area contributed by atoms with Crippen molar-refractivity contribution in [2.75, 3.05) is 26.2 Å². The zero-order chi connectivity index (χ0) is 19.7. The molecule has 7 heteroatoms. The lowest BCUT2D eigenvalue weighted by molar-refractivity contribution is 0.0759. The Labute approximate surface area is 165 Å². The first-order valence-electron chi connectivity index (χ1n) is 9.77. The van der Waals surface area contributed by atoms with E-state index in [1.54, 1.807) is 10.7 Å². The number of fused-ring (bicyclic) bond motifs is 1. The average molecular weight is 378 g/mol. The SMILES string of the molecule is Cc1cccc(CN2CCCN(C(=O)c3cnc4cc(C)nn4c3C)CC2)n1. The van der Waals surface area contributed by atoms with Gasteiger partial charge in [0.05, 0.1) is 22.6 Å². The Hall–Kier alpha value is -2.80. The lowest BCUT2D eigenvalue weighted by Crippen LogP contribution is -2.35. The molecule has 0 saturated carbocycles. The van der Waals surface area contributed by atoms with Crippen LogP contribution in [-0.2, 0) is 6.54 Å². The fourth-order valence-electron chi connectivity index (χ4n) is 3.79. The summed E-state index contributed by atoms with van der Waals surface area (Å²) in [5.41, 5.74) is 5.27. The van der Waals surface area contributed by atoms with Gasteiger partial charge in [0.2, 0.25) is 0 Å². The Morgan fingerprint density at radius 3 is 2.75 bits per heavy atom. The third kappa shape index (κ3) is 3.75. The molecular weight excluding hydrogens is 352 g/mol. The van der Waals surface area contributed by atoms with Crippen molar-refractivity contribution >= 4 is 11.6 Å². The summed E-state index contributed by atoms with van der Waals surface area (Å²) < 4.78 is 1.76. The predicted octanol–water partition coefficient (Wildman–Crippen LogP) is 2.40. The van der Waals surface area contributed by atoms with Gasteiger partial charge in [-0.2, -0.15) is 5.10 Å². The number of carbonyl (C=O) groups excluding carboxylic acids is 1. The molecule has 0 N–H and O–H groups in total. The Balaban J connectivity index is 1.47. The molecule has 0 radical (unpaired) electrons. The lowest BCUT2D eigenvalue weighted by Gasteiger charge is -2.22. The van der Waals surface area contributed by atoms with Gasteiger partial charge in [0.25, 0.3) is 5.91 Å². The molecule has 3 aromatic rings. The molecule has 0 bridgehead atoms. The molecule has 0 aliphatic carbocycles. The summed E-state index contributed by atoms with van der Waals surface area (Å²) in [6, 6.07) is 8.05. The molecule has 0 unspecified atom stereocenters. The summed E-state index contributed by atoms with van der Waals surface area (Å²) >= 11 is 0. The smallest absolute Gasteiger partial charge is 0.257 e. The standard InChI is InChI=1S/C21H26N6O/c1-15-6-4-7-18(23-15)14-25-8-5-9-26(11-10-25)21(28)19-13-22-20-12-16(2)24-27(20)17(19)3/h4,6-7,12-13H,5,8-11,14H2,1-3H3. The molecule has 7 nitrogen and oxygen atoms in total. The molecule has 1 fully saturated rings. The Bertz CT molecular complexity index is 1010. The number of rotatable bonds is 3. The minimum atomic E-state index is 0.0376. The van der Waals surface area contributed by atoms with E-state index < -0.39 is 0 Å². The van der Waals surface area contributed by atoms with Crippen LogP contribution in [0.5, 0.6) is 0 Å². The Kier molecular flexibility index (Phi) is 5.09. The first-order chi connectivity index (χ1) is 13.5. The van der Waals surface area contributed by atoms with Gasteiger partial charge in [0, 0.05) is 50.7 Å². The summed E-state index contributed by atoms with van der Waals surface area (Å²) in [5.74, 6) is 0.0376. The van der Waals surface area contributed by atoms with Crippen LogP contribution in [0.25, 0.3) is 5.65 Å². The van der Waals surface area contributed by atoms with Crippen LogP contribution in [0, 0.1) is 20.8 Å². The fraction of sp³-hybridized carbons (Fsp3) is 0.429. The highest BCUT2D eigenvalue weighted by Crippen LogP contribution is 2.15. The molecule has 4 heterocycles. The van der Waals surface area contributed by atoms with Gasteiger partial charge in [-0.05, 0) is 39.3 Å². The summed E-state index contributed by atoms with van der Waals surface area (Å²) in [6.07, 6.45) is 2.64. The summed E-state index contributed by atoms with van der Waals surface area (Å²) in [4.78, 5) is 26.5. The highest BCUT2D eigenvalue weighted by Gasteiger charge is 2.23. The minimum Gasteiger partial charge on any atom is -0.337 e. The van der Waals surface area contributed by atoms with E-state index in [0.717, 1.165) is 61.0 Å². The van der Waals surface area contributed by atoms with E-state index in [4.69, 9.17) is 0 Å². The zero-order valence-corrected chi connectivity index (χ0v) is 16.7. The highest BCUT2D eigenvalue weighted by atomic mass is 16.2. The number of hydrogen-bond acceptors (Lipinski definition) is 5. The van der Waals surface area contributed by atoms with Crippen LogP contribution in [0.2, 0.25) is 0 Å². The monoisotopic (exact) mass is 378 g/mol. The van der Waals surface area contributed by atoms with Gasteiger partial charge in [-0.1, -0.05) is 6.07 Å². The largest absolute Gasteiger partial charge is 0.337 e. The molecule has 3 aromatic heterocycles. The topological polar surface area (TPSA) is 66.6 Å². The van der Waals surface area contributed by atoms with Crippen LogP contribution >= 0.6 is 0 Å². The molecule has 1 amide bonds. The molecule has 0 aromatic carbocycles. The molecule has 1 saturated heterocycles. The van der Waals surface area contributed by atoms with E-state index in [2.05, 4.69) is 26.0 Å². The maximum Gasteiger partial charge on any atom is 0.257 e. The quantitative estimate of drug-likeness (QED) is 0.700. The first-order valence-corrected chi connectivity index (χ1v) is 9.77. The van der Waals surface area contributed by atoms with E-state index in [9.17, 15) is 4.79 Å². The van der Waals surface area contributed by atoms with Gasteiger partial charge in [0.1, 0.15) is 0 Å². The summed E-state index contributed by atoms with van der Waals surface area (Å²) in [5, 5.41) is 4.45. The second kappa shape index (κ2) is 7.67. The molecule has 1 aliphatic heterocycles. The van der Waals surface area contributed by atoms with E-state index in [1.165, 1.54) is 0 Å². The third-order valence-electron chi connectivity index (χ3n) is 5.28. The van der Waals surface area contributed by atoms with Gasteiger partial charge in [-0.15, -0.1) is 0 Å². The van der Waals surface area contributed by atoms with Crippen LogP contribution in [0.3, 0.4) is 0 Å². The van der Waals surface area contributed by atoms with Gasteiger partial charge in [-0.3, -0.25) is 14.7 Å². The number of carbonyl (C=O) groups is 1. The molecular formula is C21H26N6O. The van der Waals surface area contributed by atoms with Gasteiger partial charge >= 0.3 is 0 Å². The van der Waals surface area contributed by atoms with Gasteiger partial charge in [0.15, 0.2) is 5.65 Å². The van der Waals surface area contributed by atoms with Crippen LogP contribution in [0.1, 0.15) is 39.6 Å². The molecule has 28 heavy (non-hydrogen) atoms. The van der Waals surface area contributed by atoms with Crippen LogP contribution in [-0.4, -0.2) is 61.5 Å². The van der Waals surface area contributed by atoms with Crippen molar-refractivity contribution < 1.29 is 4.79 Å². The van der Waals surface area contributed by atoms with Crippen LogP contribution < -0.4 is 0 Å². The van der Waals surface area contributed by atoms with Crippen molar-refractivity contribution in [2.24, 2.45) is 0 Å². The minimum absolute atomic E-state index is 0.0376. The van der Waals surface area contributed by atoms with Gasteiger partial charge < -0.3 is 4.90 Å². The molecule has 0 spiro atoms. The number of pyridine rings is 1. The van der Waals surface area contributed by atoms with Crippen molar-refractivity contribution in [3.63, 3.8) is 0 Å². The highest BCUT2D eigenvalue weighted by molar-refractivity contribution is 5.95. The Morgan fingerprint density at radius 1 is 1.07 bits per heavy atom. The van der Waals surface area contributed by atoms with E-state index >= 15 is 0 Å². The van der Waals surface area contributed by atoms with Crippen molar-refractivity contribution in [3.05, 3.63) is 58.8 Å². The summed E-state index contributed by atoms with van der Waals surface area (Å²) in [6.45, 7) is 9.98. The van der Waals surface area contributed by atoms with E-state index in [1.807, 2.05) is 43.9 Å². The number of hydrogen-bond donors (Lipinski definition) is 0. The molecule has 0 atom stereocenters. The van der Waals surface area contributed by atoms with Crippen molar-refractivity contribution in [1.29, 1.82) is 0 Å². The van der Waals surface area contributed by atoms with Crippen LogP contribution in [0.4, 0.5) is 0 Å². The fourth-order valence-corrected chi connectivity index (χ4v) is 3.79. The van der Waals surface area contributed by atoms with E-state index in [-0.39, 0.29) is 5.91 Å². The maximum absolute atomic E-state index is 13.1. The second-order valence-corrected chi connectivity index (χ2v) is 7.51. The molecule has 146 valence electrons. The number of nitrogens with zero attached hydrogens (tertiary/aromatic N) is 6. The number of aryl methyl sites for hydroxylation is 3. The number of aromatic nitrogens is 4. The average Bonchev–Trinajstić information content (AvgIpc) is 2.90. The normalized spacial score (nSPS) is 15.8. The maximum atomic E-state index is 13.1. The number of amides is 1. The van der Waals surface area contributed by atoms with Crippen molar-refractivity contribution in [2.45, 2.75) is 33.7 Å². The lowest BCUT2D eigenvalue weighted by atomic mass is 10.2. The van der Waals surface area contributed by atoms with Gasteiger partial charge in [-0.25, -0.2) is 9.50 Å². The van der Waals surface area contributed by atoms with Crippen LogP contribution in [0.15, 0.2) is 30.5 Å². The van der Waals surface area contributed by atoms with Crippen molar-refractivity contribution in [3.8, 4) is 0 Å². The molecule has 4 rings (SSSR count). The van der Waals surface area contributed by atoms with Crippen molar-refractivity contribution in [1.82, 2.24) is 29.4 Å². The predicted molar refractivity (Wildman–Crippen MR) is 107 cm³/mol. The Morgan fingerprint density at radius 2 is 1.93 bits per heavy atom. The second-order valence-electron chi connectivity index (χ2n) is 7.51. The third-order valence-corrected chi connectivity index (χ3v) is 5.28.